The minimum absolute atomic E-state index is 0.0154. The number of amides is 1. The molecule has 0 saturated carbocycles. The summed E-state index contributed by atoms with van der Waals surface area (Å²) in [6.45, 7) is 4.71. The van der Waals surface area contributed by atoms with Crippen LogP contribution < -0.4 is 10.1 Å². The van der Waals surface area contributed by atoms with Crippen LogP contribution in [0.4, 0.5) is 5.69 Å². The SMILES string of the molecule is COc1ccccc1NC(=O)Cc1noc(C2COCC(C)(C)O2)n1. The molecule has 8 heteroatoms. The molecule has 0 spiro atoms. The van der Waals surface area contributed by atoms with Crippen molar-refractivity contribution < 1.29 is 23.5 Å². The van der Waals surface area contributed by atoms with Gasteiger partial charge in [0.15, 0.2) is 11.9 Å². The van der Waals surface area contributed by atoms with Crippen LogP contribution in [0.25, 0.3) is 0 Å². The summed E-state index contributed by atoms with van der Waals surface area (Å²) in [5.74, 6) is 0.917. The maximum Gasteiger partial charge on any atom is 0.258 e. The first-order chi connectivity index (χ1) is 12.0. The van der Waals surface area contributed by atoms with Crippen molar-refractivity contribution in [2.45, 2.75) is 32.0 Å². The molecule has 1 aliphatic rings. The summed E-state index contributed by atoms with van der Waals surface area (Å²) < 4.78 is 21.8. The van der Waals surface area contributed by atoms with Gasteiger partial charge in [-0.3, -0.25) is 4.79 Å². The molecule has 1 fully saturated rings. The van der Waals surface area contributed by atoms with E-state index in [0.29, 0.717) is 30.5 Å². The van der Waals surface area contributed by atoms with Crippen LogP contribution in [-0.2, 0) is 20.7 Å². The van der Waals surface area contributed by atoms with Crippen LogP contribution >= 0.6 is 0 Å². The molecule has 0 radical (unpaired) electrons. The number of aromatic nitrogens is 2. The monoisotopic (exact) mass is 347 g/mol. The van der Waals surface area contributed by atoms with Gasteiger partial charge in [0.1, 0.15) is 5.75 Å². The Morgan fingerprint density at radius 3 is 2.96 bits per heavy atom. The van der Waals surface area contributed by atoms with Crippen molar-refractivity contribution in [2.24, 2.45) is 0 Å². The van der Waals surface area contributed by atoms with E-state index in [1.807, 2.05) is 26.0 Å². The Morgan fingerprint density at radius 2 is 2.20 bits per heavy atom. The second kappa shape index (κ2) is 7.20. The summed E-state index contributed by atoms with van der Waals surface area (Å²) >= 11 is 0. The summed E-state index contributed by atoms with van der Waals surface area (Å²) in [5, 5.41) is 6.62. The number of benzene rings is 1. The van der Waals surface area contributed by atoms with E-state index in [9.17, 15) is 4.79 Å². The van der Waals surface area contributed by atoms with Gasteiger partial charge < -0.3 is 24.1 Å². The lowest BCUT2D eigenvalue weighted by Gasteiger charge is -2.34. The minimum Gasteiger partial charge on any atom is -0.495 e. The van der Waals surface area contributed by atoms with Gasteiger partial charge in [-0.1, -0.05) is 17.3 Å². The van der Waals surface area contributed by atoms with Gasteiger partial charge in [-0.05, 0) is 26.0 Å². The quantitative estimate of drug-likeness (QED) is 0.885. The molecule has 0 bridgehead atoms. The predicted octanol–water partition coefficient (Wildman–Crippen LogP) is 2.13. The van der Waals surface area contributed by atoms with E-state index in [0.717, 1.165) is 0 Å². The minimum atomic E-state index is -0.428. The molecule has 1 saturated heterocycles. The Labute approximate surface area is 145 Å². The number of hydrogen-bond donors (Lipinski definition) is 1. The molecule has 1 aromatic carbocycles. The van der Waals surface area contributed by atoms with E-state index in [1.54, 1.807) is 19.2 Å². The van der Waals surface area contributed by atoms with Crippen molar-refractivity contribution in [1.29, 1.82) is 0 Å². The number of anilines is 1. The number of methoxy groups -OCH3 is 1. The van der Waals surface area contributed by atoms with Crippen molar-refractivity contribution in [3.05, 3.63) is 36.0 Å². The lowest BCUT2D eigenvalue weighted by atomic mass is 10.1. The highest BCUT2D eigenvalue weighted by atomic mass is 16.6. The number of carbonyl (C=O) groups excluding carboxylic acids is 1. The van der Waals surface area contributed by atoms with E-state index in [2.05, 4.69) is 15.5 Å². The highest BCUT2D eigenvalue weighted by molar-refractivity contribution is 5.93. The highest BCUT2D eigenvalue weighted by Gasteiger charge is 2.33. The number of nitrogens with zero attached hydrogens (tertiary/aromatic N) is 2. The smallest absolute Gasteiger partial charge is 0.258 e. The van der Waals surface area contributed by atoms with Gasteiger partial charge in [-0.2, -0.15) is 4.98 Å². The van der Waals surface area contributed by atoms with E-state index < -0.39 is 11.7 Å². The maximum absolute atomic E-state index is 12.2. The number of para-hydroxylation sites is 2. The third-order valence-corrected chi connectivity index (χ3v) is 3.64. The van der Waals surface area contributed by atoms with Gasteiger partial charge in [0.05, 0.1) is 38.0 Å². The molecule has 134 valence electrons. The maximum atomic E-state index is 12.2. The number of rotatable bonds is 5. The summed E-state index contributed by atoms with van der Waals surface area (Å²) in [6, 6.07) is 7.17. The zero-order valence-electron chi connectivity index (χ0n) is 14.4. The zero-order valence-corrected chi connectivity index (χ0v) is 14.4. The zero-order chi connectivity index (χ0) is 17.9. The number of nitrogens with one attached hydrogen (secondary N) is 1. The molecule has 1 atom stereocenters. The lowest BCUT2D eigenvalue weighted by molar-refractivity contribution is -0.192. The van der Waals surface area contributed by atoms with Crippen LogP contribution in [0, 0.1) is 0 Å². The second-order valence-corrected chi connectivity index (χ2v) is 6.36. The van der Waals surface area contributed by atoms with Crippen molar-refractivity contribution in [2.75, 3.05) is 25.6 Å². The predicted molar refractivity (Wildman–Crippen MR) is 88.3 cm³/mol. The average Bonchev–Trinajstić information content (AvgIpc) is 3.03. The number of hydrogen-bond acceptors (Lipinski definition) is 7. The fourth-order valence-corrected chi connectivity index (χ4v) is 2.54. The topological polar surface area (TPSA) is 95.7 Å². The van der Waals surface area contributed by atoms with E-state index in [4.69, 9.17) is 18.7 Å². The van der Waals surface area contributed by atoms with Crippen molar-refractivity contribution in [3.8, 4) is 5.75 Å². The van der Waals surface area contributed by atoms with Crippen LogP contribution in [0.2, 0.25) is 0 Å². The molecule has 2 aromatic rings. The number of ether oxygens (including phenoxy) is 3. The summed E-state index contributed by atoms with van der Waals surface area (Å²) in [7, 11) is 1.55. The molecule has 3 rings (SSSR count). The molecule has 2 heterocycles. The lowest BCUT2D eigenvalue weighted by Crippen LogP contribution is -2.39. The van der Waals surface area contributed by atoms with Crippen molar-refractivity contribution in [1.82, 2.24) is 10.1 Å². The third-order valence-electron chi connectivity index (χ3n) is 3.64. The largest absolute Gasteiger partial charge is 0.495 e. The van der Waals surface area contributed by atoms with Crippen LogP contribution in [-0.4, -0.2) is 42.0 Å². The first-order valence-corrected chi connectivity index (χ1v) is 7.98. The van der Waals surface area contributed by atoms with E-state index in [-0.39, 0.29) is 18.2 Å². The molecule has 8 nitrogen and oxygen atoms in total. The van der Waals surface area contributed by atoms with E-state index in [1.165, 1.54) is 0 Å². The molecule has 25 heavy (non-hydrogen) atoms. The Morgan fingerprint density at radius 1 is 1.40 bits per heavy atom. The first-order valence-electron chi connectivity index (χ1n) is 7.98. The summed E-state index contributed by atoms with van der Waals surface area (Å²) in [4.78, 5) is 16.4. The number of carbonyl (C=O) groups is 1. The molecule has 1 unspecified atom stereocenters. The Hall–Kier alpha value is -2.45. The molecule has 0 aliphatic carbocycles. The Balaban J connectivity index is 1.62. The van der Waals surface area contributed by atoms with Gasteiger partial charge in [-0.25, -0.2) is 0 Å². The van der Waals surface area contributed by atoms with Gasteiger partial charge >= 0.3 is 0 Å². The molecule has 1 N–H and O–H groups in total. The summed E-state index contributed by atoms with van der Waals surface area (Å²) in [6.07, 6.45) is -0.444. The van der Waals surface area contributed by atoms with Gasteiger partial charge in [0.2, 0.25) is 5.91 Å². The molecule has 1 aliphatic heterocycles. The summed E-state index contributed by atoms with van der Waals surface area (Å²) in [5.41, 5.74) is 0.170. The molecule has 1 amide bonds. The second-order valence-electron chi connectivity index (χ2n) is 6.36. The average molecular weight is 347 g/mol. The Bertz CT molecular complexity index is 743. The van der Waals surface area contributed by atoms with Gasteiger partial charge in [0.25, 0.3) is 5.89 Å². The van der Waals surface area contributed by atoms with Gasteiger partial charge in [0, 0.05) is 0 Å². The normalized spacial score (nSPS) is 19.4. The van der Waals surface area contributed by atoms with Crippen LogP contribution in [0.1, 0.15) is 31.7 Å². The van der Waals surface area contributed by atoms with Crippen molar-refractivity contribution in [3.63, 3.8) is 0 Å². The van der Waals surface area contributed by atoms with Crippen LogP contribution in [0.15, 0.2) is 28.8 Å². The Kier molecular flexibility index (Phi) is 5.00. The first kappa shape index (κ1) is 17.4. The van der Waals surface area contributed by atoms with Crippen molar-refractivity contribution >= 4 is 11.6 Å². The molecule has 1 aromatic heterocycles. The van der Waals surface area contributed by atoms with Crippen LogP contribution in [0.3, 0.4) is 0 Å². The van der Waals surface area contributed by atoms with Crippen LogP contribution in [0.5, 0.6) is 5.75 Å². The third kappa shape index (κ3) is 4.34. The highest BCUT2D eigenvalue weighted by Crippen LogP contribution is 2.28. The fraction of sp³-hybridized carbons (Fsp3) is 0.471. The van der Waals surface area contributed by atoms with Gasteiger partial charge in [-0.15, -0.1) is 0 Å². The fourth-order valence-electron chi connectivity index (χ4n) is 2.54. The van der Waals surface area contributed by atoms with E-state index >= 15 is 0 Å². The molecular formula is C17H21N3O5. The standard InChI is InChI=1S/C17H21N3O5/c1-17(2)10-23-9-13(24-17)16-19-14(20-25-16)8-15(21)18-11-6-4-5-7-12(11)22-3/h4-7,13H,8-10H2,1-3H3,(H,18,21). The molecular weight excluding hydrogens is 326 g/mol.